The molecule has 0 aliphatic heterocycles. The highest BCUT2D eigenvalue weighted by Gasteiger charge is 2.20. The fraction of sp³-hybridized carbons (Fsp3) is 0.250. The predicted octanol–water partition coefficient (Wildman–Crippen LogP) is 2.86. The van der Waals surface area contributed by atoms with Gasteiger partial charge in [0, 0.05) is 0 Å². The van der Waals surface area contributed by atoms with Gasteiger partial charge < -0.3 is 9.26 Å². The molecule has 20 heavy (non-hydrogen) atoms. The lowest BCUT2D eigenvalue weighted by atomic mass is 10.3. The summed E-state index contributed by atoms with van der Waals surface area (Å²) in [6, 6.07) is 4.51. The summed E-state index contributed by atoms with van der Waals surface area (Å²) in [6.07, 6.45) is 0. The van der Waals surface area contributed by atoms with Crippen LogP contribution in [-0.4, -0.2) is 20.7 Å². The zero-order chi connectivity index (χ0) is 14.9. The van der Waals surface area contributed by atoms with Gasteiger partial charge in [0.1, 0.15) is 17.1 Å². The molecule has 1 N–H and O–H groups in total. The smallest absolute Gasteiger partial charge is 0.262 e. The summed E-state index contributed by atoms with van der Waals surface area (Å²) in [7, 11) is -2.20. The number of hydrogen-bond donors (Lipinski definition) is 1. The van der Waals surface area contributed by atoms with Crippen LogP contribution in [0.2, 0.25) is 0 Å². The fourth-order valence-electron chi connectivity index (χ4n) is 1.64. The van der Waals surface area contributed by atoms with Crippen molar-refractivity contribution in [2.75, 3.05) is 11.8 Å². The number of benzene rings is 1. The topological polar surface area (TPSA) is 81.4 Å². The molecule has 0 radical (unpaired) electrons. The highest BCUT2D eigenvalue weighted by molar-refractivity contribution is 9.10. The van der Waals surface area contributed by atoms with Crippen LogP contribution in [0.25, 0.3) is 0 Å². The Labute approximate surface area is 125 Å². The van der Waals surface area contributed by atoms with Crippen LogP contribution in [0.1, 0.15) is 11.5 Å². The van der Waals surface area contributed by atoms with Gasteiger partial charge in [0.05, 0.1) is 16.5 Å². The third-order valence-corrected chi connectivity index (χ3v) is 4.67. The van der Waals surface area contributed by atoms with Gasteiger partial charge in [0.2, 0.25) is 0 Å². The van der Waals surface area contributed by atoms with Crippen LogP contribution in [0.5, 0.6) is 5.75 Å². The summed E-state index contributed by atoms with van der Waals surface area (Å²) in [4.78, 5) is 0.116. The average molecular weight is 361 g/mol. The van der Waals surface area contributed by atoms with E-state index >= 15 is 0 Å². The van der Waals surface area contributed by atoms with E-state index in [9.17, 15) is 8.42 Å². The van der Waals surface area contributed by atoms with Crippen molar-refractivity contribution >= 4 is 31.6 Å². The summed E-state index contributed by atoms with van der Waals surface area (Å²) in [6.45, 7) is 3.31. The first-order valence-electron chi connectivity index (χ1n) is 5.64. The summed E-state index contributed by atoms with van der Waals surface area (Å²) in [5.41, 5.74) is 0.843. The van der Waals surface area contributed by atoms with Crippen molar-refractivity contribution in [3.8, 4) is 5.75 Å². The van der Waals surface area contributed by atoms with Gasteiger partial charge >= 0.3 is 0 Å². The molecule has 108 valence electrons. The lowest BCUT2D eigenvalue weighted by Gasteiger charge is -2.09. The Balaban J connectivity index is 2.38. The average Bonchev–Trinajstić information content (AvgIpc) is 2.70. The molecule has 0 atom stereocenters. The lowest BCUT2D eigenvalue weighted by Crippen LogP contribution is -2.14. The number of nitrogens with one attached hydrogen (secondary N) is 1. The van der Waals surface area contributed by atoms with Crippen LogP contribution in [0.4, 0.5) is 5.69 Å². The van der Waals surface area contributed by atoms with Crippen LogP contribution < -0.4 is 9.46 Å². The Hall–Kier alpha value is -1.54. The minimum atomic E-state index is -3.71. The number of ether oxygens (including phenoxy) is 1. The molecule has 0 spiro atoms. The van der Waals surface area contributed by atoms with Crippen LogP contribution in [0, 0.1) is 13.8 Å². The maximum absolute atomic E-state index is 12.3. The van der Waals surface area contributed by atoms with Crippen LogP contribution in [0.3, 0.4) is 0 Å². The highest BCUT2D eigenvalue weighted by Crippen LogP contribution is 2.29. The summed E-state index contributed by atoms with van der Waals surface area (Å²) in [5.74, 6) is 0.972. The molecule has 2 aromatic rings. The molecule has 0 amide bonds. The van der Waals surface area contributed by atoms with Gasteiger partial charge in [-0.15, -0.1) is 0 Å². The Morgan fingerprint density at radius 3 is 2.55 bits per heavy atom. The monoisotopic (exact) mass is 360 g/mol. The number of aromatic nitrogens is 1. The number of halogens is 1. The van der Waals surface area contributed by atoms with Crippen molar-refractivity contribution in [2.45, 2.75) is 18.7 Å². The number of rotatable bonds is 4. The standard InChI is InChI=1S/C12H13BrN2O4S/c1-7-12(8(2)19-14-7)15-20(16,17)9-4-5-11(18-3)10(13)6-9/h4-6,15H,1-3H3. The first kappa shape index (κ1) is 14.9. The van der Waals surface area contributed by atoms with Gasteiger partial charge in [-0.2, -0.15) is 0 Å². The second-order valence-corrected chi connectivity index (χ2v) is 6.64. The molecule has 6 nitrogen and oxygen atoms in total. The van der Waals surface area contributed by atoms with Crippen molar-refractivity contribution in [1.82, 2.24) is 5.16 Å². The molecular weight excluding hydrogens is 348 g/mol. The molecule has 0 bridgehead atoms. The molecule has 0 aliphatic carbocycles. The Kier molecular flexibility index (Phi) is 4.05. The quantitative estimate of drug-likeness (QED) is 0.906. The molecule has 1 aromatic carbocycles. The van der Waals surface area contributed by atoms with E-state index in [1.165, 1.54) is 19.2 Å². The molecule has 8 heteroatoms. The maximum Gasteiger partial charge on any atom is 0.262 e. The number of anilines is 1. The molecule has 0 saturated heterocycles. The van der Waals surface area contributed by atoms with Gasteiger partial charge in [-0.1, -0.05) is 5.16 Å². The second-order valence-electron chi connectivity index (χ2n) is 4.10. The van der Waals surface area contributed by atoms with E-state index < -0.39 is 10.0 Å². The number of aryl methyl sites for hydroxylation is 2. The van der Waals surface area contributed by atoms with Crippen LogP contribution in [-0.2, 0) is 10.0 Å². The molecule has 0 unspecified atom stereocenters. The Bertz CT molecular complexity index is 720. The van der Waals surface area contributed by atoms with E-state index in [1.807, 2.05) is 0 Å². The van der Waals surface area contributed by atoms with Gasteiger partial charge in [0.25, 0.3) is 10.0 Å². The second kappa shape index (κ2) is 5.45. The number of sulfonamides is 1. The van der Waals surface area contributed by atoms with Crippen molar-refractivity contribution in [2.24, 2.45) is 0 Å². The van der Waals surface area contributed by atoms with Crippen molar-refractivity contribution < 1.29 is 17.7 Å². The Morgan fingerprint density at radius 2 is 2.05 bits per heavy atom. The molecule has 2 rings (SSSR count). The number of nitrogens with zero attached hydrogens (tertiary/aromatic N) is 1. The molecule has 1 aromatic heterocycles. The SMILES string of the molecule is COc1ccc(S(=O)(=O)Nc2c(C)noc2C)cc1Br. The third kappa shape index (κ3) is 2.80. The lowest BCUT2D eigenvalue weighted by molar-refractivity contribution is 0.393. The van der Waals surface area contributed by atoms with E-state index in [2.05, 4.69) is 25.8 Å². The van der Waals surface area contributed by atoms with Gasteiger partial charge in [-0.05, 0) is 48.0 Å². The number of methoxy groups -OCH3 is 1. The third-order valence-electron chi connectivity index (χ3n) is 2.70. The predicted molar refractivity (Wildman–Crippen MR) is 77.5 cm³/mol. The first-order valence-corrected chi connectivity index (χ1v) is 7.92. The summed E-state index contributed by atoms with van der Waals surface area (Å²) in [5, 5.41) is 3.71. The van der Waals surface area contributed by atoms with E-state index in [1.54, 1.807) is 19.9 Å². The molecule has 0 saturated carbocycles. The summed E-state index contributed by atoms with van der Waals surface area (Å²) < 4.78 is 37.7. The van der Waals surface area contributed by atoms with Crippen molar-refractivity contribution in [3.63, 3.8) is 0 Å². The Morgan fingerprint density at radius 1 is 1.35 bits per heavy atom. The first-order chi connectivity index (χ1) is 9.35. The zero-order valence-corrected chi connectivity index (χ0v) is 13.5. The van der Waals surface area contributed by atoms with E-state index in [-0.39, 0.29) is 4.90 Å². The fourth-order valence-corrected chi connectivity index (χ4v) is 3.53. The normalized spacial score (nSPS) is 11.4. The minimum Gasteiger partial charge on any atom is -0.496 e. The van der Waals surface area contributed by atoms with E-state index in [0.717, 1.165) is 0 Å². The number of hydrogen-bond acceptors (Lipinski definition) is 5. The minimum absolute atomic E-state index is 0.116. The molecular formula is C12H13BrN2O4S. The molecule has 0 fully saturated rings. The largest absolute Gasteiger partial charge is 0.496 e. The van der Waals surface area contributed by atoms with Crippen molar-refractivity contribution in [1.29, 1.82) is 0 Å². The van der Waals surface area contributed by atoms with E-state index in [0.29, 0.717) is 27.4 Å². The van der Waals surface area contributed by atoms with E-state index in [4.69, 9.17) is 9.26 Å². The highest BCUT2D eigenvalue weighted by atomic mass is 79.9. The zero-order valence-electron chi connectivity index (χ0n) is 11.1. The molecule has 0 aliphatic rings. The maximum atomic E-state index is 12.3. The van der Waals surface area contributed by atoms with Crippen LogP contribution >= 0.6 is 15.9 Å². The summed E-state index contributed by atoms with van der Waals surface area (Å²) >= 11 is 3.26. The van der Waals surface area contributed by atoms with Gasteiger partial charge in [-0.3, -0.25) is 4.72 Å². The van der Waals surface area contributed by atoms with Crippen LogP contribution in [0.15, 0.2) is 32.1 Å². The van der Waals surface area contributed by atoms with Gasteiger partial charge in [0.15, 0.2) is 5.76 Å². The van der Waals surface area contributed by atoms with Gasteiger partial charge in [-0.25, -0.2) is 8.42 Å². The van der Waals surface area contributed by atoms with Crippen molar-refractivity contribution in [3.05, 3.63) is 34.1 Å². The molecule has 1 heterocycles.